The molecule has 0 radical (unpaired) electrons. The Labute approximate surface area is 111 Å². The van der Waals surface area contributed by atoms with E-state index in [1.807, 2.05) is 11.8 Å². The second-order valence-corrected chi connectivity index (χ2v) is 5.46. The van der Waals surface area contributed by atoms with Gasteiger partial charge in [-0.3, -0.25) is 14.8 Å². The number of nitrogens with zero attached hydrogens (tertiary/aromatic N) is 2. The number of rotatable bonds is 3. The molecule has 1 unspecified atom stereocenters. The van der Waals surface area contributed by atoms with Gasteiger partial charge in [-0.1, -0.05) is 0 Å². The molecule has 1 saturated carbocycles. The molecule has 0 spiro atoms. The van der Waals surface area contributed by atoms with Gasteiger partial charge in [0.1, 0.15) is 5.69 Å². The lowest BCUT2D eigenvalue weighted by Gasteiger charge is -2.34. The number of hydroxylamine groups is 1. The number of hydrogen-bond donors (Lipinski definition) is 2. The maximum Gasteiger partial charge on any atom is 0.276 e. The monoisotopic (exact) mass is 263 g/mol. The van der Waals surface area contributed by atoms with E-state index < -0.39 is 5.91 Å². The fourth-order valence-corrected chi connectivity index (χ4v) is 2.60. The molecule has 2 heterocycles. The first-order valence-corrected chi connectivity index (χ1v) is 6.55. The molecule has 102 valence electrons. The van der Waals surface area contributed by atoms with Crippen molar-refractivity contribution in [2.45, 2.75) is 32.4 Å². The van der Waals surface area contributed by atoms with Crippen LogP contribution >= 0.6 is 0 Å². The summed E-state index contributed by atoms with van der Waals surface area (Å²) in [4.78, 5) is 25.7. The zero-order valence-electron chi connectivity index (χ0n) is 10.8. The van der Waals surface area contributed by atoms with Gasteiger partial charge in [0.05, 0.1) is 5.56 Å². The molecule has 2 N–H and O–H groups in total. The number of nitrogens with one attached hydrogen (secondary N) is 1. The van der Waals surface area contributed by atoms with Crippen LogP contribution in [0.3, 0.4) is 0 Å². The van der Waals surface area contributed by atoms with Crippen LogP contribution in [0.2, 0.25) is 0 Å². The molecule has 1 aliphatic carbocycles. The maximum atomic E-state index is 12.4. The third kappa shape index (κ3) is 2.12. The molecule has 0 saturated heterocycles. The molecule has 6 heteroatoms. The summed E-state index contributed by atoms with van der Waals surface area (Å²) in [6.45, 7) is 3.52. The van der Waals surface area contributed by atoms with Gasteiger partial charge in [-0.05, 0) is 31.7 Å². The summed E-state index contributed by atoms with van der Waals surface area (Å²) in [5, 5.41) is 8.64. The van der Waals surface area contributed by atoms with Crippen LogP contribution in [-0.4, -0.2) is 39.1 Å². The predicted octanol–water partition coefficient (Wildman–Crippen LogP) is 0.861. The van der Waals surface area contributed by atoms with Crippen LogP contribution in [0, 0.1) is 5.92 Å². The average molecular weight is 263 g/mol. The highest BCUT2D eigenvalue weighted by Gasteiger charge is 2.35. The zero-order chi connectivity index (χ0) is 13.6. The molecular formula is C13H17N3O3. The smallest absolute Gasteiger partial charge is 0.276 e. The van der Waals surface area contributed by atoms with Crippen molar-refractivity contribution in [3.63, 3.8) is 0 Å². The Morgan fingerprint density at radius 2 is 2.26 bits per heavy atom. The van der Waals surface area contributed by atoms with E-state index in [2.05, 4.69) is 0 Å². The van der Waals surface area contributed by atoms with Crippen LogP contribution in [0.15, 0.2) is 12.3 Å². The third-order valence-corrected chi connectivity index (χ3v) is 3.89. The van der Waals surface area contributed by atoms with Crippen LogP contribution < -0.4 is 5.48 Å². The summed E-state index contributed by atoms with van der Waals surface area (Å²) in [5.74, 6) is 0.0341. The molecule has 2 aliphatic rings. The van der Waals surface area contributed by atoms with Gasteiger partial charge in [-0.15, -0.1) is 0 Å². The van der Waals surface area contributed by atoms with Crippen LogP contribution in [0.4, 0.5) is 0 Å². The van der Waals surface area contributed by atoms with Gasteiger partial charge in [0, 0.05) is 25.3 Å². The lowest BCUT2D eigenvalue weighted by molar-refractivity contribution is 0.0603. The number of carbonyl (C=O) groups excluding carboxylic acids is 2. The summed E-state index contributed by atoms with van der Waals surface area (Å²) in [7, 11) is 0. The first-order chi connectivity index (χ1) is 9.10. The molecule has 0 bridgehead atoms. The van der Waals surface area contributed by atoms with Crippen molar-refractivity contribution in [2.75, 3.05) is 6.54 Å². The lowest BCUT2D eigenvalue weighted by atomic mass is 10.1. The van der Waals surface area contributed by atoms with E-state index in [1.54, 1.807) is 22.3 Å². The fraction of sp³-hybridized carbons (Fsp3) is 0.538. The molecule has 2 amide bonds. The molecule has 19 heavy (non-hydrogen) atoms. The second kappa shape index (κ2) is 4.38. The van der Waals surface area contributed by atoms with Crippen LogP contribution in [-0.2, 0) is 6.54 Å². The Balaban J connectivity index is 1.88. The quantitative estimate of drug-likeness (QED) is 0.627. The zero-order valence-corrected chi connectivity index (χ0v) is 10.8. The normalized spacial score (nSPS) is 22.3. The molecule has 1 atom stereocenters. The van der Waals surface area contributed by atoms with Crippen molar-refractivity contribution >= 4 is 11.8 Å². The van der Waals surface area contributed by atoms with Gasteiger partial charge in [0.25, 0.3) is 11.8 Å². The number of aromatic nitrogens is 1. The largest absolute Gasteiger partial charge is 0.341 e. The van der Waals surface area contributed by atoms with Gasteiger partial charge in [0.15, 0.2) is 0 Å². The van der Waals surface area contributed by atoms with E-state index in [1.165, 1.54) is 12.8 Å². The molecule has 1 aromatic rings. The molecule has 1 aliphatic heterocycles. The Hall–Kier alpha value is -1.82. The van der Waals surface area contributed by atoms with E-state index in [0.717, 1.165) is 6.54 Å². The number of amides is 2. The third-order valence-electron chi connectivity index (χ3n) is 3.89. The van der Waals surface area contributed by atoms with Crippen molar-refractivity contribution in [3.05, 3.63) is 23.5 Å². The minimum Gasteiger partial charge on any atom is -0.341 e. The standard InChI is InChI=1S/C13H17N3O3/c1-8-5-15-7-10(12(17)14-19)4-11(15)13(18)16(8)6-9-2-3-9/h4,7-9,19H,2-3,5-6H2,1H3,(H,14,17). The first kappa shape index (κ1) is 12.2. The number of hydrogen-bond acceptors (Lipinski definition) is 3. The summed E-state index contributed by atoms with van der Waals surface area (Å²) in [6, 6.07) is 1.68. The van der Waals surface area contributed by atoms with Crippen LogP contribution in [0.5, 0.6) is 0 Å². The van der Waals surface area contributed by atoms with E-state index in [0.29, 0.717) is 23.7 Å². The molecule has 6 nitrogen and oxygen atoms in total. The van der Waals surface area contributed by atoms with E-state index >= 15 is 0 Å². The fourth-order valence-electron chi connectivity index (χ4n) is 2.60. The van der Waals surface area contributed by atoms with Gasteiger partial charge in [-0.25, -0.2) is 5.48 Å². The minimum absolute atomic E-state index is 0.0253. The lowest BCUT2D eigenvalue weighted by Crippen LogP contribution is -2.47. The number of carbonyl (C=O) groups is 2. The number of fused-ring (bicyclic) bond motifs is 1. The minimum atomic E-state index is -0.587. The summed E-state index contributed by atoms with van der Waals surface area (Å²) in [5.41, 5.74) is 2.43. The van der Waals surface area contributed by atoms with Gasteiger partial charge >= 0.3 is 0 Å². The highest BCUT2D eigenvalue weighted by Crippen LogP contribution is 2.32. The molecule has 1 fully saturated rings. The Kier molecular flexibility index (Phi) is 2.82. The predicted molar refractivity (Wildman–Crippen MR) is 66.9 cm³/mol. The van der Waals surface area contributed by atoms with Gasteiger partial charge in [-0.2, -0.15) is 0 Å². The van der Waals surface area contributed by atoms with Crippen molar-refractivity contribution in [2.24, 2.45) is 5.92 Å². The Morgan fingerprint density at radius 3 is 2.89 bits per heavy atom. The summed E-state index contributed by atoms with van der Waals surface area (Å²) >= 11 is 0. The molecular weight excluding hydrogens is 246 g/mol. The Morgan fingerprint density at radius 1 is 1.53 bits per heavy atom. The topological polar surface area (TPSA) is 74.6 Å². The van der Waals surface area contributed by atoms with Crippen molar-refractivity contribution < 1.29 is 14.8 Å². The van der Waals surface area contributed by atoms with E-state index in [4.69, 9.17) is 5.21 Å². The summed E-state index contributed by atoms with van der Waals surface area (Å²) in [6.07, 6.45) is 4.02. The Bertz CT molecular complexity index is 533. The maximum absolute atomic E-state index is 12.4. The van der Waals surface area contributed by atoms with Crippen LogP contribution in [0.1, 0.15) is 40.6 Å². The summed E-state index contributed by atoms with van der Waals surface area (Å²) < 4.78 is 1.79. The van der Waals surface area contributed by atoms with Crippen molar-refractivity contribution in [1.82, 2.24) is 14.9 Å². The first-order valence-electron chi connectivity index (χ1n) is 6.55. The highest BCUT2D eigenvalue weighted by atomic mass is 16.5. The van der Waals surface area contributed by atoms with E-state index in [9.17, 15) is 9.59 Å². The average Bonchev–Trinajstić information content (AvgIpc) is 3.11. The molecule has 0 aromatic carbocycles. The molecule has 1 aromatic heterocycles. The highest BCUT2D eigenvalue weighted by molar-refractivity contribution is 5.99. The van der Waals surface area contributed by atoms with Crippen molar-refractivity contribution in [1.29, 1.82) is 0 Å². The second-order valence-electron chi connectivity index (χ2n) is 5.46. The van der Waals surface area contributed by atoms with Crippen molar-refractivity contribution in [3.8, 4) is 0 Å². The van der Waals surface area contributed by atoms with Gasteiger partial charge in [0.2, 0.25) is 0 Å². The molecule has 3 rings (SSSR count). The van der Waals surface area contributed by atoms with Crippen LogP contribution in [0.25, 0.3) is 0 Å². The SMILES string of the molecule is CC1Cn2cc(C(=O)NO)cc2C(=O)N1CC1CC1. The van der Waals surface area contributed by atoms with E-state index in [-0.39, 0.29) is 11.9 Å². The van der Waals surface area contributed by atoms with Gasteiger partial charge < -0.3 is 9.47 Å².